The van der Waals surface area contributed by atoms with Gasteiger partial charge in [0, 0.05) is 0 Å². The summed E-state index contributed by atoms with van der Waals surface area (Å²) in [6.07, 6.45) is -0.699. The molecule has 3 aromatic rings. The monoisotopic (exact) mass is 550 g/mol. The fourth-order valence-electron chi connectivity index (χ4n) is 4.92. The average molecular weight is 551 g/mol. The molecule has 0 unspecified atom stereocenters. The predicted octanol–water partition coefficient (Wildman–Crippen LogP) is 2.14. The highest BCUT2D eigenvalue weighted by atomic mass is 32.2. The number of esters is 1. The Morgan fingerprint density at radius 3 is 1.97 bits per heavy atom. The number of nitrogens with zero attached hydrogens (tertiary/aromatic N) is 1. The van der Waals surface area contributed by atoms with Crippen LogP contribution in [0.4, 0.5) is 0 Å². The third-order valence-electron chi connectivity index (χ3n) is 6.85. The molecule has 0 aromatic heterocycles. The van der Waals surface area contributed by atoms with Crippen LogP contribution in [0.2, 0.25) is 0 Å². The van der Waals surface area contributed by atoms with E-state index in [-0.39, 0.29) is 12.1 Å². The third-order valence-corrected chi connectivity index (χ3v) is 9.04. The summed E-state index contributed by atoms with van der Waals surface area (Å²) in [5.41, 5.74) is 1.55. The second-order valence-electron chi connectivity index (χ2n) is 9.72. The molecule has 0 aliphatic carbocycles. The maximum atomic E-state index is 13.6. The maximum absolute atomic E-state index is 13.6. The van der Waals surface area contributed by atoms with Gasteiger partial charge in [0.25, 0.3) is 5.91 Å². The predicted molar refractivity (Wildman–Crippen MR) is 145 cm³/mol. The van der Waals surface area contributed by atoms with Crippen molar-refractivity contribution in [3.63, 3.8) is 0 Å². The van der Waals surface area contributed by atoms with Crippen LogP contribution in [0.3, 0.4) is 0 Å². The van der Waals surface area contributed by atoms with Crippen LogP contribution in [0, 0.1) is 0 Å². The van der Waals surface area contributed by atoms with Crippen LogP contribution in [-0.2, 0) is 29.9 Å². The van der Waals surface area contributed by atoms with E-state index in [1.54, 1.807) is 38.1 Å². The van der Waals surface area contributed by atoms with Gasteiger partial charge in [-0.25, -0.2) is 4.79 Å². The van der Waals surface area contributed by atoms with Crippen molar-refractivity contribution in [2.24, 2.45) is 0 Å². The number of carbonyl (C=O) groups excluding carboxylic acids is 3. The Morgan fingerprint density at radius 1 is 0.923 bits per heavy atom. The van der Waals surface area contributed by atoms with E-state index in [9.17, 15) is 18.6 Å². The van der Waals surface area contributed by atoms with Gasteiger partial charge >= 0.3 is 5.97 Å². The van der Waals surface area contributed by atoms with Gasteiger partial charge < -0.3 is 25.2 Å². The van der Waals surface area contributed by atoms with Crippen molar-refractivity contribution < 1.29 is 33.5 Å². The fraction of sp³-hybridized carbons (Fsp3) is 0.276. The number of benzene rings is 3. The van der Waals surface area contributed by atoms with Gasteiger partial charge in [-0.1, -0.05) is 78.9 Å². The molecule has 0 bridgehead atoms. The molecule has 0 spiro atoms. The lowest BCUT2D eigenvalue weighted by atomic mass is 9.95. The first-order valence-electron chi connectivity index (χ1n) is 12.3. The van der Waals surface area contributed by atoms with Gasteiger partial charge in [0.15, 0.2) is 12.7 Å². The molecular formula is C29H30N2O7S. The molecule has 4 atom stereocenters. The quantitative estimate of drug-likeness (QED) is 0.337. The number of amides is 2. The number of hydrogen-bond donors (Lipinski definition) is 1. The number of carbonyl (C=O) groups is 3. The summed E-state index contributed by atoms with van der Waals surface area (Å²) in [4.78, 5) is 40.6. The number of fused-ring (bicyclic) bond motifs is 1. The highest BCUT2D eigenvalue weighted by Crippen LogP contribution is 2.44. The number of hydrogen-bond acceptors (Lipinski definition) is 6. The topological polar surface area (TPSA) is 134 Å². The van der Waals surface area contributed by atoms with Crippen molar-refractivity contribution in [3.8, 4) is 5.75 Å². The third kappa shape index (κ3) is 5.30. The van der Waals surface area contributed by atoms with Crippen LogP contribution in [0.15, 0.2) is 91.0 Å². The van der Waals surface area contributed by atoms with Gasteiger partial charge in [0.05, 0.1) is 15.5 Å². The highest BCUT2D eigenvalue weighted by Gasteiger charge is 2.68. The zero-order chi connectivity index (χ0) is 26.9. The van der Waals surface area contributed by atoms with Crippen LogP contribution in [0.25, 0.3) is 0 Å². The van der Waals surface area contributed by atoms with E-state index in [0.29, 0.717) is 5.75 Å². The summed E-state index contributed by atoms with van der Waals surface area (Å²) < 4.78 is 23.9. The molecule has 39 heavy (non-hydrogen) atoms. The van der Waals surface area contributed by atoms with E-state index in [4.69, 9.17) is 9.47 Å². The van der Waals surface area contributed by atoms with E-state index >= 15 is 0 Å². The Morgan fingerprint density at radius 2 is 1.44 bits per heavy atom. The van der Waals surface area contributed by atoms with Crippen LogP contribution in [-0.4, -0.2) is 61.2 Å². The summed E-state index contributed by atoms with van der Waals surface area (Å²) in [7, 11) is -1.63. The Balaban J connectivity index is 0.00000353. The van der Waals surface area contributed by atoms with E-state index in [2.05, 4.69) is 5.32 Å². The summed E-state index contributed by atoms with van der Waals surface area (Å²) in [5, 5.41) is 1.80. The van der Waals surface area contributed by atoms with Crippen LogP contribution in [0.1, 0.15) is 31.1 Å². The summed E-state index contributed by atoms with van der Waals surface area (Å²) in [6, 6.07) is 25.4. The van der Waals surface area contributed by atoms with Crippen LogP contribution in [0.5, 0.6) is 5.75 Å². The number of ether oxygens (including phenoxy) is 2. The van der Waals surface area contributed by atoms with Crippen molar-refractivity contribution in [1.82, 2.24) is 10.2 Å². The first kappa shape index (κ1) is 28.0. The number of para-hydroxylation sites is 1. The summed E-state index contributed by atoms with van der Waals surface area (Å²) in [5.74, 6) is -1.11. The van der Waals surface area contributed by atoms with Gasteiger partial charge in [0.1, 0.15) is 23.2 Å². The molecule has 2 saturated heterocycles. The summed E-state index contributed by atoms with van der Waals surface area (Å²) in [6.45, 7) is 3.06. The first-order valence-corrected chi connectivity index (χ1v) is 13.5. The lowest BCUT2D eigenvalue weighted by molar-refractivity contribution is -0.166. The molecule has 9 nitrogen and oxygen atoms in total. The Labute approximate surface area is 228 Å². The van der Waals surface area contributed by atoms with Crippen molar-refractivity contribution in [1.29, 1.82) is 0 Å². The molecule has 0 saturated carbocycles. The molecule has 204 valence electrons. The lowest BCUT2D eigenvalue weighted by Crippen LogP contribution is -2.72. The van der Waals surface area contributed by atoms with Gasteiger partial charge in [-0.05, 0) is 37.1 Å². The van der Waals surface area contributed by atoms with Gasteiger partial charge in [-0.2, -0.15) is 0 Å². The minimum Gasteiger partial charge on any atom is -0.484 e. The number of rotatable bonds is 8. The van der Waals surface area contributed by atoms with Crippen molar-refractivity contribution >= 4 is 28.6 Å². The molecule has 3 aromatic carbocycles. The van der Waals surface area contributed by atoms with Crippen molar-refractivity contribution in [2.45, 2.75) is 42.2 Å². The summed E-state index contributed by atoms with van der Waals surface area (Å²) >= 11 is 0. The van der Waals surface area contributed by atoms with E-state index < -0.39 is 56.9 Å². The van der Waals surface area contributed by atoms with Crippen LogP contribution < -0.4 is 10.1 Å². The number of β-lactam (4-membered cyclic amide) rings is 1. The van der Waals surface area contributed by atoms with E-state index in [1.807, 2.05) is 66.7 Å². The van der Waals surface area contributed by atoms with Gasteiger partial charge in [-0.3, -0.25) is 13.8 Å². The van der Waals surface area contributed by atoms with Crippen molar-refractivity contribution in [3.05, 3.63) is 102 Å². The van der Waals surface area contributed by atoms with Crippen molar-refractivity contribution in [2.75, 3.05) is 6.61 Å². The Hall–Kier alpha value is -4.02. The molecule has 2 amide bonds. The normalized spacial score (nSPS) is 22.7. The molecule has 2 fully saturated rings. The smallest absolute Gasteiger partial charge is 0.331 e. The highest BCUT2D eigenvalue weighted by molar-refractivity contribution is 7.87. The van der Waals surface area contributed by atoms with E-state index in [1.165, 1.54) is 4.90 Å². The molecule has 0 radical (unpaired) electrons. The number of nitrogens with one attached hydrogen (secondary N) is 1. The van der Waals surface area contributed by atoms with Gasteiger partial charge in [0.2, 0.25) is 5.91 Å². The maximum Gasteiger partial charge on any atom is 0.331 e. The zero-order valence-electron chi connectivity index (χ0n) is 21.5. The second kappa shape index (κ2) is 11.4. The molecule has 2 aliphatic rings. The van der Waals surface area contributed by atoms with Gasteiger partial charge in [-0.15, -0.1) is 0 Å². The molecule has 2 heterocycles. The SMILES string of the molecule is CC1(C)[C@H](C(=O)OC(c2ccccc2)c2ccccc2)N2C(=O)[C@@H](NC(=O)COc3ccccc3)[C@H]2[S@]1=O.O. The average Bonchev–Trinajstić information content (AvgIpc) is 3.13. The molecular weight excluding hydrogens is 520 g/mol. The minimum atomic E-state index is -1.63. The lowest BCUT2D eigenvalue weighted by Gasteiger charge is -2.43. The minimum absolute atomic E-state index is 0. The first-order chi connectivity index (χ1) is 18.3. The second-order valence-corrected chi connectivity index (χ2v) is 11.9. The standard InChI is InChI=1S/C29H28N2O6S.H2O/c1-29(2)25(28(34)37-24(19-12-6-3-7-13-19)20-14-8-4-9-15-20)31-26(33)23(27(31)38(29)35)30-22(32)18-36-21-16-10-5-11-17-21;/h3-17,23-25,27H,18H2,1-2H3,(H,30,32);1H2/t23-,25+,27-,38-;/m1./s1. The Bertz CT molecular complexity index is 1310. The fourth-order valence-corrected chi connectivity index (χ4v) is 6.84. The largest absolute Gasteiger partial charge is 0.484 e. The zero-order valence-corrected chi connectivity index (χ0v) is 22.3. The van der Waals surface area contributed by atoms with E-state index in [0.717, 1.165) is 11.1 Å². The molecule has 3 N–H and O–H groups in total. The molecule has 5 rings (SSSR count). The molecule has 10 heteroatoms. The van der Waals surface area contributed by atoms with Crippen LogP contribution >= 0.6 is 0 Å². The Kier molecular flexibility index (Phi) is 8.17. The molecule has 2 aliphatic heterocycles.